The van der Waals surface area contributed by atoms with Crippen LogP contribution in [0, 0.1) is 5.92 Å². The van der Waals surface area contributed by atoms with Crippen molar-refractivity contribution in [1.29, 1.82) is 0 Å². The third kappa shape index (κ3) is 4.08. The van der Waals surface area contributed by atoms with Crippen LogP contribution in [-0.4, -0.2) is 11.5 Å². The van der Waals surface area contributed by atoms with Crippen molar-refractivity contribution in [2.45, 2.75) is 26.2 Å². The van der Waals surface area contributed by atoms with Crippen LogP contribution in [0.15, 0.2) is 30.3 Å². The molecular formula is C13H18OS. The Balaban J connectivity index is 2.44. The molecule has 1 rings (SSSR count). The van der Waals surface area contributed by atoms with Gasteiger partial charge in [-0.2, -0.15) is 12.6 Å². The third-order valence-corrected chi connectivity index (χ3v) is 3.09. The smallest absolute Gasteiger partial charge is 0.136 e. The van der Waals surface area contributed by atoms with E-state index in [0.717, 1.165) is 12.8 Å². The summed E-state index contributed by atoms with van der Waals surface area (Å²) < 4.78 is 0. The van der Waals surface area contributed by atoms with E-state index >= 15 is 0 Å². The zero-order valence-corrected chi connectivity index (χ0v) is 10.0. The van der Waals surface area contributed by atoms with Crippen molar-refractivity contribution >= 4 is 18.4 Å². The second kappa shape index (κ2) is 6.67. The molecular weight excluding hydrogens is 204 g/mol. The van der Waals surface area contributed by atoms with Crippen LogP contribution >= 0.6 is 12.6 Å². The standard InChI is InChI=1S/C13H18OS/c1-2-13(14)12(10-15)9-8-11-6-4-3-5-7-11/h3-7,12,15H,2,8-10H2,1H3. The second-order valence-electron chi connectivity index (χ2n) is 3.72. The molecule has 1 aromatic rings. The van der Waals surface area contributed by atoms with Crippen molar-refractivity contribution < 1.29 is 4.79 Å². The van der Waals surface area contributed by atoms with E-state index in [-0.39, 0.29) is 5.92 Å². The molecule has 1 aromatic carbocycles. The Morgan fingerprint density at radius 3 is 2.53 bits per heavy atom. The van der Waals surface area contributed by atoms with Crippen molar-refractivity contribution in [3.63, 3.8) is 0 Å². The number of benzene rings is 1. The predicted octanol–water partition coefficient (Wildman–Crippen LogP) is 3.14. The summed E-state index contributed by atoms with van der Waals surface area (Å²) in [5.41, 5.74) is 1.30. The molecule has 1 nitrogen and oxygen atoms in total. The molecule has 0 heterocycles. The first-order chi connectivity index (χ1) is 7.27. The highest BCUT2D eigenvalue weighted by Crippen LogP contribution is 2.13. The number of ketones is 1. The number of hydrogen-bond acceptors (Lipinski definition) is 2. The number of aryl methyl sites for hydroxylation is 1. The van der Waals surface area contributed by atoms with Gasteiger partial charge in [0.1, 0.15) is 5.78 Å². The van der Waals surface area contributed by atoms with Crippen LogP contribution in [0.3, 0.4) is 0 Å². The lowest BCUT2D eigenvalue weighted by Gasteiger charge is -2.11. The zero-order chi connectivity index (χ0) is 11.1. The van der Waals surface area contributed by atoms with Crippen LogP contribution in [0.4, 0.5) is 0 Å². The van der Waals surface area contributed by atoms with Gasteiger partial charge in [0.2, 0.25) is 0 Å². The normalized spacial score (nSPS) is 12.4. The topological polar surface area (TPSA) is 17.1 Å². The van der Waals surface area contributed by atoms with E-state index < -0.39 is 0 Å². The molecule has 1 atom stereocenters. The maximum absolute atomic E-state index is 11.5. The summed E-state index contributed by atoms with van der Waals surface area (Å²) in [5.74, 6) is 1.12. The molecule has 0 bridgehead atoms. The first-order valence-corrected chi connectivity index (χ1v) is 6.08. The summed E-state index contributed by atoms with van der Waals surface area (Å²) in [6.45, 7) is 1.92. The summed E-state index contributed by atoms with van der Waals surface area (Å²) in [6.07, 6.45) is 2.51. The Morgan fingerprint density at radius 2 is 2.00 bits per heavy atom. The lowest BCUT2D eigenvalue weighted by atomic mass is 9.96. The zero-order valence-electron chi connectivity index (χ0n) is 9.15. The lowest BCUT2D eigenvalue weighted by molar-refractivity contribution is -0.122. The van der Waals surface area contributed by atoms with Crippen molar-refractivity contribution in [3.8, 4) is 0 Å². The Bertz CT molecular complexity index is 295. The van der Waals surface area contributed by atoms with Crippen LogP contribution in [0.2, 0.25) is 0 Å². The number of carbonyl (C=O) groups excluding carboxylic acids is 1. The maximum atomic E-state index is 11.5. The van der Waals surface area contributed by atoms with Gasteiger partial charge >= 0.3 is 0 Å². The van der Waals surface area contributed by atoms with E-state index in [0.29, 0.717) is 18.0 Å². The monoisotopic (exact) mass is 222 g/mol. The van der Waals surface area contributed by atoms with Gasteiger partial charge in [0.25, 0.3) is 0 Å². The minimum absolute atomic E-state index is 0.124. The first-order valence-electron chi connectivity index (χ1n) is 5.45. The molecule has 0 radical (unpaired) electrons. The number of thiol groups is 1. The molecule has 0 spiro atoms. The summed E-state index contributed by atoms with van der Waals surface area (Å²) >= 11 is 4.23. The van der Waals surface area contributed by atoms with Gasteiger partial charge in [0, 0.05) is 12.3 Å². The van der Waals surface area contributed by atoms with Gasteiger partial charge in [-0.25, -0.2) is 0 Å². The van der Waals surface area contributed by atoms with Gasteiger partial charge in [-0.3, -0.25) is 4.79 Å². The molecule has 0 N–H and O–H groups in total. The minimum Gasteiger partial charge on any atom is -0.299 e. The first kappa shape index (κ1) is 12.3. The van der Waals surface area contributed by atoms with Crippen LogP contribution in [-0.2, 0) is 11.2 Å². The van der Waals surface area contributed by atoms with E-state index in [9.17, 15) is 4.79 Å². The van der Waals surface area contributed by atoms with E-state index in [1.807, 2.05) is 25.1 Å². The Labute approximate surface area is 97.3 Å². The van der Waals surface area contributed by atoms with Crippen molar-refractivity contribution in [1.82, 2.24) is 0 Å². The van der Waals surface area contributed by atoms with Gasteiger partial charge in [-0.1, -0.05) is 37.3 Å². The van der Waals surface area contributed by atoms with Gasteiger partial charge in [0.05, 0.1) is 0 Å². The van der Waals surface area contributed by atoms with Gasteiger partial charge in [-0.05, 0) is 24.2 Å². The molecule has 15 heavy (non-hydrogen) atoms. The number of hydrogen-bond donors (Lipinski definition) is 1. The van der Waals surface area contributed by atoms with Gasteiger partial charge in [-0.15, -0.1) is 0 Å². The fourth-order valence-corrected chi connectivity index (χ4v) is 2.01. The molecule has 0 amide bonds. The molecule has 82 valence electrons. The molecule has 0 aliphatic heterocycles. The van der Waals surface area contributed by atoms with E-state index in [4.69, 9.17) is 0 Å². The lowest BCUT2D eigenvalue weighted by Crippen LogP contribution is -2.16. The Hall–Kier alpha value is -0.760. The Kier molecular flexibility index (Phi) is 5.48. The van der Waals surface area contributed by atoms with Crippen LogP contribution < -0.4 is 0 Å². The van der Waals surface area contributed by atoms with Gasteiger partial charge < -0.3 is 0 Å². The van der Waals surface area contributed by atoms with E-state index in [2.05, 4.69) is 24.8 Å². The summed E-state index contributed by atoms with van der Waals surface area (Å²) in [6, 6.07) is 10.3. The van der Waals surface area contributed by atoms with Crippen LogP contribution in [0.5, 0.6) is 0 Å². The van der Waals surface area contributed by atoms with Gasteiger partial charge in [0.15, 0.2) is 0 Å². The fraction of sp³-hybridized carbons (Fsp3) is 0.462. The SMILES string of the molecule is CCC(=O)C(CS)CCc1ccccc1. The molecule has 0 fully saturated rings. The third-order valence-electron chi connectivity index (χ3n) is 2.65. The summed E-state index contributed by atoms with van der Waals surface area (Å²) in [4.78, 5) is 11.5. The average Bonchev–Trinajstić information content (AvgIpc) is 2.31. The highest BCUT2D eigenvalue weighted by Gasteiger charge is 2.14. The molecule has 1 unspecified atom stereocenters. The quantitative estimate of drug-likeness (QED) is 0.732. The summed E-state index contributed by atoms with van der Waals surface area (Å²) in [7, 11) is 0. The number of carbonyl (C=O) groups is 1. The molecule has 0 aromatic heterocycles. The fourth-order valence-electron chi connectivity index (χ4n) is 1.63. The van der Waals surface area contributed by atoms with Crippen LogP contribution in [0.1, 0.15) is 25.3 Å². The van der Waals surface area contributed by atoms with E-state index in [1.165, 1.54) is 5.56 Å². The highest BCUT2D eigenvalue weighted by molar-refractivity contribution is 7.80. The molecule has 0 aliphatic carbocycles. The van der Waals surface area contributed by atoms with E-state index in [1.54, 1.807) is 0 Å². The van der Waals surface area contributed by atoms with Crippen molar-refractivity contribution in [2.75, 3.05) is 5.75 Å². The maximum Gasteiger partial charge on any atom is 0.136 e. The molecule has 0 aliphatic rings. The summed E-state index contributed by atoms with van der Waals surface area (Å²) in [5, 5.41) is 0. The largest absolute Gasteiger partial charge is 0.299 e. The van der Waals surface area contributed by atoms with Crippen molar-refractivity contribution in [2.24, 2.45) is 5.92 Å². The highest BCUT2D eigenvalue weighted by atomic mass is 32.1. The molecule has 0 saturated heterocycles. The van der Waals surface area contributed by atoms with Crippen LogP contribution in [0.25, 0.3) is 0 Å². The number of Topliss-reactive ketones (excluding diaryl/α,β-unsaturated/α-hetero) is 1. The number of rotatable bonds is 6. The molecule has 2 heteroatoms. The minimum atomic E-state index is 0.124. The molecule has 0 saturated carbocycles. The van der Waals surface area contributed by atoms with Crippen molar-refractivity contribution in [3.05, 3.63) is 35.9 Å². The second-order valence-corrected chi connectivity index (χ2v) is 4.09. The Morgan fingerprint density at radius 1 is 1.33 bits per heavy atom. The predicted molar refractivity (Wildman–Crippen MR) is 67.4 cm³/mol. The average molecular weight is 222 g/mol.